The Morgan fingerprint density at radius 2 is 1.66 bits per heavy atom. The number of hydrogen-bond donors (Lipinski definition) is 3. The number of aromatic nitrogens is 2. The second-order valence-electron chi connectivity index (χ2n) is 8.91. The van der Waals surface area contributed by atoms with Crippen LogP contribution in [-0.2, 0) is 16.6 Å². The van der Waals surface area contributed by atoms with E-state index in [1.54, 1.807) is 7.05 Å². The largest absolute Gasteiger partial charge is 0.481 e. The zero-order valence-corrected chi connectivity index (χ0v) is 19.8. The van der Waals surface area contributed by atoms with Crippen molar-refractivity contribution < 1.29 is 24.2 Å². The lowest BCUT2D eigenvalue weighted by Crippen LogP contribution is -2.40. The molecule has 3 aromatic rings. The van der Waals surface area contributed by atoms with Gasteiger partial charge in [0.05, 0.1) is 6.42 Å². The summed E-state index contributed by atoms with van der Waals surface area (Å²) < 4.78 is 6.85. The minimum Gasteiger partial charge on any atom is -0.481 e. The first-order valence-electron chi connectivity index (χ1n) is 11.4. The molecule has 2 aromatic carbocycles. The van der Waals surface area contributed by atoms with Crippen LogP contribution in [0.2, 0.25) is 0 Å². The summed E-state index contributed by atoms with van der Waals surface area (Å²) in [6.45, 7) is 3.83. The van der Waals surface area contributed by atoms with Crippen molar-refractivity contribution in [3.05, 3.63) is 71.4 Å². The van der Waals surface area contributed by atoms with Gasteiger partial charge in [-0.1, -0.05) is 62.4 Å². The van der Waals surface area contributed by atoms with Crippen molar-refractivity contribution in [3.8, 4) is 11.1 Å². The maximum absolute atomic E-state index is 12.7. The van der Waals surface area contributed by atoms with E-state index in [0.29, 0.717) is 0 Å². The molecule has 9 heteroatoms. The van der Waals surface area contributed by atoms with Crippen molar-refractivity contribution >= 4 is 23.8 Å². The molecule has 1 aromatic heterocycles. The third-order valence-electron chi connectivity index (χ3n) is 6.20. The van der Waals surface area contributed by atoms with E-state index in [1.165, 1.54) is 10.7 Å². The number of nitrogens with zero attached hydrogens (tertiary/aromatic N) is 2. The van der Waals surface area contributed by atoms with E-state index in [9.17, 15) is 14.4 Å². The topological polar surface area (TPSA) is 123 Å². The van der Waals surface area contributed by atoms with Crippen LogP contribution in [0.3, 0.4) is 0 Å². The van der Waals surface area contributed by atoms with Gasteiger partial charge in [0.2, 0.25) is 0 Å². The van der Waals surface area contributed by atoms with Crippen molar-refractivity contribution in [1.29, 1.82) is 0 Å². The number of carboxylic acid groups (broad SMARTS) is 1. The molecule has 1 heterocycles. The fraction of sp³-hybridized carbons (Fsp3) is 0.308. The molecule has 0 aliphatic heterocycles. The first kappa shape index (κ1) is 24.0. The zero-order chi connectivity index (χ0) is 25.1. The lowest BCUT2D eigenvalue weighted by atomic mass is 9.98. The molecule has 9 nitrogen and oxygen atoms in total. The van der Waals surface area contributed by atoms with Crippen molar-refractivity contribution in [2.75, 3.05) is 11.9 Å². The summed E-state index contributed by atoms with van der Waals surface area (Å²) in [7, 11) is 1.57. The molecular formula is C26H28N4O5. The number of carboxylic acids is 1. The number of aryl methyl sites for hydroxylation is 1. The number of carbonyl (C=O) groups excluding carboxylic acids is 2. The highest BCUT2D eigenvalue weighted by atomic mass is 16.5. The molecule has 1 aliphatic carbocycles. The fourth-order valence-corrected chi connectivity index (χ4v) is 4.36. The van der Waals surface area contributed by atoms with Crippen LogP contribution in [0.25, 0.3) is 11.1 Å². The molecule has 4 rings (SSSR count). The second-order valence-corrected chi connectivity index (χ2v) is 8.91. The lowest BCUT2D eigenvalue weighted by molar-refractivity contribution is -0.137. The molecule has 1 aliphatic rings. The fourth-order valence-electron chi connectivity index (χ4n) is 4.36. The van der Waals surface area contributed by atoms with Crippen LogP contribution >= 0.6 is 0 Å². The molecule has 0 bridgehead atoms. The summed E-state index contributed by atoms with van der Waals surface area (Å²) in [6.07, 6.45) is -0.866. The third-order valence-corrected chi connectivity index (χ3v) is 6.20. The average Bonchev–Trinajstić information content (AvgIpc) is 3.34. The Labute approximate surface area is 203 Å². The van der Waals surface area contributed by atoms with Gasteiger partial charge in [-0.15, -0.1) is 0 Å². The molecule has 35 heavy (non-hydrogen) atoms. The Morgan fingerprint density at radius 3 is 2.23 bits per heavy atom. The van der Waals surface area contributed by atoms with Gasteiger partial charge in [0.1, 0.15) is 12.3 Å². The Kier molecular flexibility index (Phi) is 6.86. The number of hydrogen-bond acceptors (Lipinski definition) is 5. The monoisotopic (exact) mass is 476 g/mol. The van der Waals surface area contributed by atoms with Gasteiger partial charge in [-0.3, -0.25) is 19.6 Å². The predicted octanol–water partition coefficient (Wildman–Crippen LogP) is 4.01. The lowest BCUT2D eigenvalue weighted by Gasteiger charge is -2.20. The molecule has 0 saturated heterocycles. The van der Waals surface area contributed by atoms with Crippen LogP contribution in [0.4, 0.5) is 10.6 Å². The van der Waals surface area contributed by atoms with Crippen LogP contribution in [0.5, 0.6) is 0 Å². The van der Waals surface area contributed by atoms with E-state index in [4.69, 9.17) is 9.84 Å². The van der Waals surface area contributed by atoms with Crippen LogP contribution < -0.4 is 10.6 Å². The summed E-state index contributed by atoms with van der Waals surface area (Å²) >= 11 is 0. The minimum atomic E-state index is -0.994. The zero-order valence-electron chi connectivity index (χ0n) is 19.8. The molecule has 3 N–H and O–H groups in total. The van der Waals surface area contributed by atoms with Gasteiger partial charge in [-0.05, 0) is 28.2 Å². The molecule has 0 unspecified atom stereocenters. The summed E-state index contributed by atoms with van der Waals surface area (Å²) in [5, 5.41) is 18.5. The molecular weight excluding hydrogens is 448 g/mol. The minimum absolute atomic E-state index is 0.0679. The van der Waals surface area contributed by atoms with E-state index < -0.39 is 24.0 Å². The van der Waals surface area contributed by atoms with Crippen LogP contribution in [-0.4, -0.2) is 45.5 Å². The number of ether oxygens (including phenoxy) is 1. The van der Waals surface area contributed by atoms with Gasteiger partial charge >= 0.3 is 12.1 Å². The van der Waals surface area contributed by atoms with E-state index in [-0.39, 0.29) is 36.4 Å². The number of amides is 2. The first-order chi connectivity index (χ1) is 16.7. The summed E-state index contributed by atoms with van der Waals surface area (Å²) in [6, 6.07) is 17.0. The molecule has 1 atom stereocenters. The van der Waals surface area contributed by atoms with Crippen LogP contribution in [0, 0.1) is 5.92 Å². The highest BCUT2D eigenvalue weighted by Crippen LogP contribution is 2.44. The standard InChI is InChI=1S/C26H28N4O5/c1-15(2)21(12-24(31)32)27-25(33)22-13-23(29-30(22)3)28-26(34)35-14-20-18-10-6-4-8-16(18)17-9-5-7-11-19(17)20/h4-11,13,15,20-21H,12,14H2,1-3H3,(H,27,33)(H,31,32)(H,28,29,34)/t21-/m0/s1. The summed E-state index contributed by atoms with van der Waals surface area (Å²) in [4.78, 5) is 36.3. The Morgan fingerprint density at radius 1 is 1.06 bits per heavy atom. The predicted molar refractivity (Wildman–Crippen MR) is 130 cm³/mol. The van der Waals surface area contributed by atoms with Gasteiger partial charge in [-0.2, -0.15) is 5.10 Å². The highest BCUT2D eigenvalue weighted by Gasteiger charge is 2.29. The first-order valence-corrected chi connectivity index (χ1v) is 11.4. The third kappa shape index (κ3) is 5.18. The maximum atomic E-state index is 12.7. The van der Waals surface area contributed by atoms with Crippen molar-refractivity contribution in [2.24, 2.45) is 13.0 Å². The Bertz CT molecular complexity index is 1220. The number of carbonyl (C=O) groups is 3. The van der Waals surface area contributed by atoms with Crippen LogP contribution in [0.1, 0.15) is 47.8 Å². The Balaban J connectivity index is 1.40. The second kappa shape index (κ2) is 10.0. The molecule has 182 valence electrons. The smallest absolute Gasteiger partial charge is 0.412 e. The van der Waals surface area contributed by atoms with Gasteiger partial charge < -0.3 is 15.2 Å². The number of nitrogens with one attached hydrogen (secondary N) is 2. The summed E-state index contributed by atoms with van der Waals surface area (Å²) in [5.74, 6) is -1.44. The molecule has 0 radical (unpaired) electrons. The van der Waals surface area contributed by atoms with Crippen LogP contribution in [0.15, 0.2) is 54.6 Å². The van der Waals surface area contributed by atoms with E-state index in [0.717, 1.165) is 22.3 Å². The Hall–Kier alpha value is -4.14. The number of fused-ring (bicyclic) bond motifs is 3. The average molecular weight is 477 g/mol. The van der Waals surface area contributed by atoms with E-state index in [1.807, 2.05) is 50.2 Å². The highest BCUT2D eigenvalue weighted by molar-refractivity contribution is 5.95. The number of benzene rings is 2. The van der Waals surface area contributed by atoms with Crippen molar-refractivity contribution in [3.63, 3.8) is 0 Å². The van der Waals surface area contributed by atoms with E-state index >= 15 is 0 Å². The van der Waals surface area contributed by atoms with Crippen molar-refractivity contribution in [2.45, 2.75) is 32.2 Å². The summed E-state index contributed by atoms with van der Waals surface area (Å²) in [5.41, 5.74) is 4.69. The van der Waals surface area contributed by atoms with Crippen molar-refractivity contribution in [1.82, 2.24) is 15.1 Å². The van der Waals surface area contributed by atoms with Gasteiger partial charge in [0.15, 0.2) is 5.82 Å². The van der Waals surface area contributed by atoms with Gasteiger partial charge in [-0.25, -0.2) is 4.79 Å². The molecule has 0 spiro atoms. The molecule has 0 fully saturated rings. The normalized spacial score (nSPS) is 13.1. The maximum Gasteiger partial charge on any atom is 0.412 e. The van der Waals surface area contributed by atoms with Gasteiger partial charge in [0.25, 0.3) is 5.91 Å². The number of anilines is 1. The number of rotatable bonds is 8. The van der Waals surface area contributed by atoms with Gasteiger partial charge in [0, 0.05) is 25.1 Å². The molecule has 2 amide bonds. The SMILES string of the molecule is CC(C)[C@H](CC(=O)O)NC(=O)c1cc(NC(=O)OCC2c3ccccc3-c3ccccc32)nn1C. The quantitative estimate of drug-likeness (QED) is 0.452. The number of aliphatic carboxylic acids is 1. The van der Waals surface area contributed by atoms with E-state index in [2.05, 4.69) is 27.9 Å². The molecule has 0 saturated carbocycles.